The van der Waals surface area contributed by atoms with E-state index >= 15 is 0 Å². The van der Waals surface area contributed by atoms with Gasteiger partial charge in [0.05, 0.1) is 11.8 Å². The Bertz CT molecular complexity index is 687. The summed E-state index contributed by atoms with van der Waals surface area (Å²) in [6.45, 7) is 6.13. The van der Waals surface area contributed by atoms with Gasteiger partial charge in [-0.25, -0.2) is 4.39 Å². The molecule has 1 amide bonds. The summed E-state index contributed by atoms with van der Waals surface area (Å²) in [7, 11) is 0. The van der Waals surface area contributed by atoms with Crippen molar-refractivity contribution in [1.29, 1.82) is 0 Å². The monoisotopic (exact) mass is 331 g/mol. The van der Waals surface area contributed by atoms with Gasteiger partial charge < -0.3 is 5.32 Å². The van der Waals surface area contributed by atoms with E-state index in [9.17, 15) is 9.18 Å². The average Bonchev–Trinajstić information content (AvgIpc) is 2.50. The molecule has 4 heteroatoms. The van der Waals surface area contributed by atoms with Crippen molar-refractivity contribution >= 4 is 17.7 Å². The zero-order valence-electron chi connectivity index (χ0n) is 13.7. The third kappa shape index (κ3) is 5.39. The van der Waals surface area contributed by atoms with Gasteiger partial charge in [-0.05, 0) is 55.2 Å². The van der Waals surface area contributed by atoms with Crippen molar-refractivity contribution in [2.75, 3.05) is 5.75 Å². The molecule has 2 nitrogen and oxygen atoms in total. The molecule has 0 aliphatic carbocycles. The lowest BCUT2D eigenvalue weighted by Crippen LogP contribution is -2.28. The lowest BCUT2D eigenvalue weighted by atomic mass is 10.0. The summed E-state index contributed by atoms with van der Waals surface area (Å²) >= 11 is 1.49. The lowest BCUT2D eigenvalue weighted by Gasteiger charge is -2.15. The van der Waals surface area contributed by atoms with Crippen LogP contribution in [0.5, 0.6) is 0 Å². The largest absolute Gasteiger partial charge is 0.349 e. The number of carbonyl (C=O) groups excluding carboxylic acids is 1. The van der Waals surface area contributed by atoms with Crippen molar-refractivity contribution in [3.05, 3.63) is 70.5 Å². The molecule has 0 heterocycles. The van der Waals surface area contributed by atoms with Crippen LogP contribution < -0.4 is 5.32 Å². The molecule has 23 heavy (non-hydrogen) atoms. The number of nitrogens with one attached hydrogen (secondary N) is 1. The Kier molecular flexibility index (Phi) is 6.22. The first kappa shape index (κ1) is 17.5. The third-order valence-corrected chi connectivity index (χ3v) is 4.80. The molecule has 0 saturated heterocycles. The second-order valence-corrected chi connectivity index (χ2v) is 6.74. The minimum atomic E-state index is -0.240. The van der Waals surface area contributed by atoms with Crippen molar-refractivity contribution in [3.8, 4) is 0 Å². The minimum Gasteiger partial charge on any atom is -0.349 e. The van der Waals surface area contributed by atoms with Crippen LogP contribution in [0.25, 0.3) is 0 Å². The van der Waals surface area contributed by atoms with Crippen LogP contribution in [0.4, 0.5) is 4.39 Å². The molecule has 0 aliphatic rings. The van der Waals surface area contributed by atoms with E-state index in [0.717, 1.165) is 11.1 Å². The van der Waals surface area contributed by atoms with Crippen LogP contribution in [-0.4, -0.2) is 11.7 Å². The molecule has 0 bridgehead atoms. The Balaban J connectivity index is 1.81. The summed E-state index contributed by atoms with van der Waals surface area (Å²) in [6, 6.07) is 12.7. The third-order valence-electron chi connectivity index (χ3n) is 3.80. The molecule has 2 aromatic carbocycles. The number of aryl methyl sites for hydroxylation is 2. The van der Waals surface area contributed by atoms with Crippen molar-refractivity contribution in [3.63, 3.8) is 0 Å². The standard InChI is InChI=1S/C19H22FNOS/c1-13-7-8-17(9-14(13)2)15(3)21-19(22)12-23-11-16-5-4-6-18(20)10-16/h4-10,15H,11-12H2,1-3H3,(H,21,22)/t15-/m0/s1. The van der Waals surface area contributed by atoms with Crippen LogP contribution >= 0.6 is 11.8 Å². The Labute approximate surface area is 141 Å². The zero-order chi connectivity index (χ0) is 16.8. The number of rotatable bonds is 6. The van der Waals surface area contributed by atoms with Crippen LogP contribution in [0.1, 0.15) is 35.2 Å². The van der Waals surface area contributed by atoms with Gasteiger partial charge in [-0.2, -0.15) is 0 Å². The quantitative estimate of drug-likeness (QED) is 0.841. The summed E-state index contributed by atoms with van der Waals surface area (Å²) in [5.74, 6) is 0.752. The number of benzene rings is 2. The second kappa shape index (κ2) is 8.16. The van der Waals surface area contributed by atoms with Gasteiger partial charge >= 0.3 is 0 Å². The first-order valence-corrected chi connectivity index (χ1v) is 8.80. The smallest absolute Gasteiger partial charge is 0.230 e. The van der Waals surface area contributed by atoms with Gasteiger partial charge in [0.25, 0.3) is 0 Å². The number of hydrogen-bond donors (Lipinski definition) is 1. The summed E-state index contributed by atoms with van der Waals surface area (Å²) < 4.78 is 13.1. The number of thioether (sulfide) groups is 1. The highest BCUT2D eigenvalue weighted by molar-refractivity contribution is 7.99. The molecule has 1 atom stereocenters. The van der Waals surface area contributed by atoms with Gasteiger partial charge in [0, 0.05) is 5.75 Å². The van der Waals surface area contributed by atoms with E-state index in [2.05, 4.69) is 31.3 Å². The van der Waals surface area contributed by atoms with Crippen LogP contribution in [0.2, 0.25) is 0 Å². The fourth-order valence-electron chi connectivity index (χ4n) is 2.29. The molecule has 0 spiro atoms. The van der Waals surface area contributed by atoms with Crippen molar-refractivity contribution in [2.45, 2.75) is 32.6 Å². The predicted octanol–water partition coefficient (Wildman–Crippen LogP) is 4.55. The van der Waals surface area contributed by atoms with E-state index in [1.54, 1.807) is 6.07 Å². The predicted molar refractivity (Wildman–Crippen MR) is 95.0 cm³/mol. The van der Waals surface area contributed by atoms with Crippen LogP contribution in [0, 0.1) is 19.7 Å². The normalized spacial score (nSPS) is 12.0. The number of halogens is 1. The van der Waals surface area contributed by atoms with E-state index in [4.69, 9.17) is 0 Å². The molecular weight excluding hydrogens is 309 g/mol. The lowest BCUT2D eigenvalue weighted by molar-refractivity contribution is -0.119. The number of amides is 1. The topological polar surface area (TPSA) is 29.1 Å². The van der Waals surface area contributed by atoms with Crippen molar-refractivity contribution in [2.24, 2.45) is 0 Å². The Morgan fingerprint density at radius 3 is 2.65 bits per heavy atom. The number of carbonyl (C=O) groups is 1. The van der Waals surface area contributed by atoms with Gasteiger partial charge in [0.1, 0.15) is 5.82 Å². The first-order chi connectivity index (χ1) is 11.0. The van der Waals surface area contributed by atoms with E-state index in [1.807, 2.05) is 19.1 Å². The highest BCUT2D eigenvalue weighted by Gasteiger charge is 2.10. The second-order valence-electron chi connectivity index (χ2n) is 5.76. The molecule has 122 valence electrons. The molecule has 0 saturated carbocycles. The highest BCUT2D eigenvalue weighted by atomic mass is 32.2. The van der Waals surface area contributed by atoms with E-state index in [-0.39, 0.29) is 17.8 Å². The van der Waals surface area contributed by atoms with E-state index < -0.39 is 0 Å². The maximum absolute atomic E-state index is 13.1. The molecule has 0 aromatic heterocycles. The zero-order valence-corrected chi connectivity index (χ0v) is 14.5. The molecule has 2 aromatic rings. The van der Waals surface area contributed by atoms with Gasteiger partial charge in [-0.15, -0.1) is 11.8 Å². The molecule has 1 N–H and O–H groups in total. The Morgan fingerprint density at radius 2 is 1.96 bits per heavy atom. The van der Waals surface area contributed by atoms with E-state index in [1.165, 1.54) is 35.0 Å². The summed E-state index contributed by atoms with van der Waals surface area (Å²) in [6.07, 6.45) is 0. The molecule has 2 rings (SSSR count). The Morgan fingerprint density at radius 1 is 1.17 bits per heavy atom. The Hall–Kier alpha value is -1.81. The minimum absolute atomic E-state index is 0.00266. The summed E-state index contributed by atoms with van der Waals surface area (Å²) in [4.78, 5) is 12.0. The van der Waals surface area contributed by atoms with Crippen molar-refractivity contribution in [1.82, 2.24) is 5.32 Å². The first-order valence-electron chi connectivity index (χ1n) is 7.64. The maximum atomic E-state index is 13.1. The van der Waals surface area contributed by atoms with Crippen LogP contribution in [0.3, 0.4) is 0 Å². The van der Waals surface area contributed by atoms with Gasteiger partial charge in [0.15, 0.2) is 0 Å². The molecule has 0 radical (unpaired) electrons. The fourth-order valence-corrected chi connectivity index (χ4v) is 3.07. The van der Waals surface area contributed by atoms with Gasteiger partial charge in [-0.1, -0.05) is 30.3 Å². The van der Waals surface area contributed by atoms with Gasteiger partial charge in [-0.3, -0.25) is 4.79 Å². The summed E-state index contributed by atoms with van der Waals surface area (Å²) in [5.41, 5.74) is 4.48. The van der Waals surface area contributed by atoms with Crippen LogP contribution in [0.15, 0.2) is 42.5 Å². The molecular formula is C19H22FNOS. The summed E-state index contributed by atoms with van der Waals surface area (Å²) in [5, 5.41) is 3.01. The molecule has 0 aliphatic heterocycles. The van der Waals surface area contributed by atoms with Crippen molar-refractivity contribution < 1.29 is 9.18 Å². The van der Waals surface area contributed by atoms with E-state index in [0.29, 0.717) is 11.5 Å². The number of hydrogen-bond acceptors (Lipinski definition) is 2. The molecule has 0 fully saturated rings. The highest BCUT2D eigenvalue weighted by Crippen LogP contribution is 2.18. The van der Waals surface area contributed by atoms with Gasteiger partial charge in [0.2, 0.25) is 5.91 Å². The average molecular weight is 331 g/mol. The maximum Gasteiger partial charge on any atom is 0.230 e. The SMILES string of the molecule is Cc1ccc([C@H](C)NC(=O)CSCc2cccc(F)c2)cc1C. The molecule has 0 unspecified atom stereocenters. The fraction of sp³-hybridized carbons (Fsp3) is 0.316. The van der Waals surface area contributed by atoms with Crippen LogP contribution in [-0.2, 0) is 10.5 Å².